The molecule has 0 aliphatic carbocycles. The molecular formula is C17H17N3O2S. The number of hydrogen-bond donors (Lipinski definition) is 2. The van der Waals surface area contributed by atoms with Crippen LogP contribution in [0.1, 0.15) is 27.4 Å². The number of amides is 1. The first-order valence-corrected chi connectivity index (χ1v) is 8.06. The van der Waals surface area contributed by atoms with Gasteiger partial charge in [0.1, 0.15) is 5.76 Å². The predicted octanol–water partition coefficient (Wildman–Crippen LogP) is 3.73. The van der Waals surface area contributed by atoms with Gasteiger partial charge in [0.15, 0.2) is 10.8 Å². The van der Waals surface area contributed by atoms with Crippen molar-refractivity contribution in [2.24, 2.45) is 5.73 Å². The highest BCUT2D eigenvalue weighted by Crippen LogP contribution is 2.26. The third-order valence-corrected chi connectivity index (χ3v) is 4.37. The van der Waals surface area contributed by atoms with Gasteiger partial charge in [-0.25, -0.2) is 4.98 Å². The SMILES string of the molecule is Cc1ccc(-c2nc(CNc3ccc(C(N)=O)c(C)c3)cs2)o1. The number of hydrogen-bond acceptors (Lipinski definition) is 5. The normalized spacial score (nSPS) is 10.7. The molecule has 23 heavy (non-hydrogen) atoms. The molecule has 118 valence electrons. The van der Waals surface area contributed by atoms with Gasteiger partial charge in [-0.3, -0.25) is 4.79 Å². The molecule has 0 unspecified atom stereocenters. The molecule has 5 nitrogen and oxygen atoms in total. The van der Waals surface area contributed by atoms with Crippen molar-refractivity contribution in [2.45, 2.75) is 20.4 Å². The van der Waals surface area contributed by atoms with Gasteiger partial charge in [0.05, 0.1) is 12.2 Å². The van der Waals surface area contributed by atoms with Crippen LogP contribution in [-0.4, -0.2) is 10.9 Å². The van der Waals surface area contributed by atoms with Crippen LogP contribution in [0.2, 0.25) is 0 Å². The second-order valence-corrected chi connectivity index (χ2v) is 6.16. The fourth-order valence-corrected chi connectivity index (χ4v) is 3.07. The van der Waals surface area contributed by atoms with E-state index in [1.165, 1.54) is 0 Å². The Morgan fingerprint density at radius 3 is 2.78 bits per heavy atom. The Morgan fingerprint density at radius 2 is 2.13 bits per heavy atom. The molecule has 0 bridgehead atoms. The van der Waals surface area contributed by atoms with Crippen LogP contribution < -0.4 is 11.1 Å². The number of rotatable bonds is 5. The monoisotopic (exact) mass is 327 g/mol. The summed E-state index contributed by atoms with van der Waals surface area (Å²) in [6.45, 7) is 4.38. The van der Waals surface area contributed by atoms with E-state index in [1.54, 1.807) is 17.4 Å². The van der Waals surface area contributed by atoms with Crippen LogP contribution >= 0.6 is 11.3 Å². The second kappa shape index (κ2) is 6.26. The van der Waals surface area contributed by atoms with E-state index >= 15 is 0 Å². The minimum atomic E-state index is -0.410. The number of carbonyl (C=O) groups is 1. The number of carbonyl (C=O) groups excluding carboxylic acids is 1. The fourth-order valence-electron chi connectivity index (χ4n) is 2.29. The summed E-state index contributed by atoms with van der Waals surface area (Å²) in [5.41, 5.74) is 8.58. The molecule has 0 atom stereocenters. The first-order valence-electron chi connectivity index (χ1n) is 7.18. The standard InChI is InChI=1S/C17H17N3O2S/c1-10-7-12(4-5-14(10)16(18)21)19-8-13-9-23-17(20-13)15-6-3-11(2)22-15/h3-7,9,19H,8H2,1-2H3,(H2,18,21). The Kier molecular flexibility index (Phi) is 4.16. The van der Waals surface area contributed by atoms with Gasteiger partial charge in [-0.2, -0.15) is 0 Å². The Balaban J connectivity index is 1.68. The van der Waals surface area contributed by atoms with E-state index in [0.717, 1.165) is 33.5 Å². The van der Waals surface area contributed by atoms with Gasteiger partial charge in [0, 0.05) is 16.6 Å². The lowest BCUT2D eigenvalue weighted by atomic mass is 10.1. The highest BCUT2D eigenvalue weighted by Gasteiger charge is 2.09. The Bertz CT molecular complexity index is 851. The average molecular weight is 327 g/mol. The number of aryl methyl sites for hydroxylation is 2. The van der Waals surface area contributed by atoms with Crippen LogP contribution in [-0.2, 0) is 6.54 Å². The van der Waals surface area contributed by atoms with E-state index in [-0.39, 0.29) is 0 Å². The lowest BCUT2D eigenvalue weighted by Gasteiger charge is -2.07. The van der Waals surface area contributed by atoms with Crippen molar-refractivity contribution in [3.05, 3.63) is 58.3 Å². The zero-order valence-corrected chi connectivity index (χ0v) is 13.7. The molecule has 2 aromatic heterocycles. The Labute approximate surface area is 138 Å². The van der Waals surface area contributed by atoms with Crippen molar-refractivity contribution in [2.75, 3.05) is 5.32 Å². The molecule has 0 fully saturated rings. The van der Waals surface area contributed by atoms with Crippen LogP contribution in [0.4, 0.5) is 5.69 Å². The van der Waals surface area contributed by atoms with E-state index in [4.69, 9.17) is 10.2 Å². The lowest BCUT2D eigenvalue weighted by molar-refractivity contribution is 0.0999. The smallest absolute Gasteiger partial charge is 0.248 e. The maximum Gasteiger partial charge on any atom is 0.248 e. The van der Waals surface area contributed by atoms with Gasteiger partial charge in [-0.05, 0) is 49.7 Å². The number of primary amides is 1. The van der Waals surface area contributed by atoms with Gasteiger partial charge in [0.2, 0.25) is 5.91 Å². The van der Waals surface area contributed by atoms with E-state index in [0.29, 0.717) is 12.1 Å². The summed E-state index contributed by atoms with van der Waals surface area (Å²) in [6, 6.07) is 9.34. The number of benzene rings is 1. The summed E-state index contributed by atoms with van der Waals surface area (Å²) >= 11 is 1.55. The molecule has 0 saturated heterocycles. The second-order valence-electron chi connectivity index (χ2n) is 5.30. The van der Waals surface area contributed by atoms with Crippen LogP contribution in [0, 0.1) is 13.8 Å². The first kappa shape index (κ1) is 15.3. The van der Waals surface area contributed by atoms with Gasteiger partial charge >= 0.3 is 0 Å². The third-order valence-electron chi connectivity index (χ3n) is 3.47. The topological polar surface area (TPSA) is 81.1 Å². The molecule has 6 heteroatoms. The molecule has 3 N–H and O–H groups in total. The Hall–Kier alpha value is -2.60. The Morgan fingerprint density at radius 1 is 1.30 bits per heavy atom. The molecule has 1 aromatic carbocycles. The quantitative estimate of drug-likeness (QED) is 0.748. The van der Waals surface area contributed by atoms with Gasteiger partial charge in [-0.1, -0.05) is 0 Å². The van der Waals surface area contributed by atoms with Crippen molar-refractivity contribution in [1.82, 2.24) is 4.98 Å². The number of thiazole rings is 1. The third kappa shape index (κ3) is 3.43. The van der Waals surface area contributed by atoms with E-state index in [2.05, 4.69) is 10.3 Å². The maximum absolute atomic E-state index is 11.2. The zero-order valence-electron chi connectivity index (χ0n) is 12.9. The number of nitrogens with two attached hydrogens (primary N) is 1. The molecule has 1 amide bonds. The summed E-state index contributed by atoms with van der Waals surface area (Å²) in [7, 11) is 0. The zero-order chi connectivity index (χ0) is 16.4. The average Bonchev–Trinajstić information content (AvgIpc) is 3.13. The van der Waals surface area contributed by atoms with Gasteiger partial charge in [-0.15, -0.1) is 11.3 Å². The molecule has 0 aliphatic rings. The number of nitrogens with one attached hydrogen (secondary N) is 1. The van der Waals surface area contributed by atoms with E-state index in [1.807, 2.05) is 43.5 Å². The number of nitrogens with zero attached hydrogens (tertiary/aromatic N) is 1. The van der Waals surface area contributed by atoms with Crippen LogP contribution in [0.25, 0.3) is 10.8 Å². The largest absolute Gasteiger partial charge is 0.459 e. The number of anilines is 1. The minimum Gasteiger partial charge on any atom is -0.459 e. The molecule has 3 rings (SSSR count). The molecule has 2 heterocycles. The van der Waals surface area contributed by atoms with E-state index in [9.17, 15) is 4.79 Å². The highest BCUT2D eigenvalue weighted by atomic mass is 32.1. The molecule has 0 radical (unpaired) electrons. The van der Waals surface area contributed by atoms with Crippen molar-refractivity contribution in [3.63, 3.8) is 0 Å². The van der Waals surface area contributed by atoms with E-state index < -0.39 is 5.91 Å². The maximum atomic E-state index is 11.2. The summed E-state index contributed by atoms with van der Waals surface area (Å²) < 4.78 is 5.58. The lowest BCUT2D eigenvalue weighted by Crippen LogP contribution is -2.12. The minimum absolute atomic E-state index is 0.410. The van der Waals surface area contributed by atoms with Crippen molar-refractivity contribution in [3.8, 4) is 10.8 Å². The van der Waals surface area contributed by atoms with Crippen molar-refractivity contribution >= 4 is 22.9 Å². The molecule has 0 spiro atoms. The summed E-state index contributed by atoms with van der Waals surface area (Å²) in [5, 5.41) is 6.17. The number of furan rings is 1. The van der Waals surface area contributed by atoms with Crippen molar-refractivity contribution in [1.29, 1.82) is 0 Å². The van der Waals surface area contributed by atoms with Crippen LogP contribution in [0.15, 0.2) is 40.1 Å². The van der Waals surface area contributed by atoms with Crippen LogP contribution in [0.5, 0.6) is 0 Å². The highest BCUT2D eigenvalue weighted by molar-refractivity contribution is 7.13. The fraction of sp³-hybridized carbons (Fsp3) is 0.176. The van der Waals surface area contributed by atoms with Gasteiger partial charge < -0.3 is 15.5 Å². The molecule has 3 aromatic rings. The summed E-state index contributed by atoms with van der Waals surface area (Å²) in [6.07, 6.45) is 0. The first-order chi connectivity index (χ1) is 11.0. The predicted molar refractivity (Wildman–Crippen MR) is 91.6 cm³/mol. The molecule has 0 saturated carbocycles. The summed E-state index contributed by atoms with van der Waals surface area (Å²) in [4.78, 5) is 15.8. The molecular weight excluding hydrogens is 310 g/mol. The molecule has 0 aliphatic heterocycles. The summed E-state index contributed by atoms with van der Waals surface area (Å²) in [5.74, 6) is 1.26. The van der Waals surface area contributed by atoms with Gasteiger partial charge in [0.25, 0.3) is 0 Å². The van der Waals surface area contributed by atoms with Crippen LogP contribution in [0.3, 0.4) is 0 Å². The van der Waals surface area contributed by atoms with Crippen molar-refractivity contribution < 1.29 is 9.21 Å². The number of aromatic nitrogens is 1.